The average molecular weight is 554 g/mol. The smallest absolute Gasteiger partial charge is 0.286 e. The summed E-state index contributed by atoms with van der Waals surface area (Å²) >= 11 is 8.08. The molecule has 2 aromatic carbocycles. The molecule has 2 aromatic rings. The first kappa shape index (κ1) is 22.6. The summed E-state index contributed by atoms with van der Waals surface area (Å²) < 4.78 is 13.5. The first-order chi connectivity index (χ1) is 14.4. The minimum absolute atomic E-state index is 0.274. The van der Waals surface area contributed by atoms with E-state index in [4.69, 9.17) is 9.47 Å². The fraction of sp³-hybridized carbons (Fsp3) is 0.190. The number of aliphatic imine (C=N–C) groups is 1. The monoisotopic (exact) mass is 552 g/mol. The number of carbonyl (C=O) groups excluding carboxylic acids is 2. The predicted octanol–water partition coefficient (Wildman–Crippen LogP) is 5.30. The van der Waals surface area contributed by atoms with Crippen LogP contribution in [0.2, 0.25) is 0 Å². The summed E-state index contributed by atoms with van der Waals surface area (Å²) in [7, 11) is 0. The lowest BCUT2D eigenvalue weighted by Gasteiger charge is -2.15. The molecule has 30 heavy (non-hydrogen) atoms. The molecule has 1 aliphatic heterocycles. The Labute approximate surface area is 195 Å². The van der Waals surface area contributed by atoms with Crippen molar-refractivity contribution < 1.29 is 19.1 Å². The molecule has 3 rings (SSSR count). The largest absolute Gasteiger partial charge is 0.490 e. The maximum absolute atomic E-state index is 12.1. The Balaban J connectivity index is 1.81. The number of hydrogen-bond acceptors (Lipinski definition) is 5. The van der Waals surface area contributed by atoms with Crippen LogP contribution >= 0.6 is 43.6 Å². The van der Waals surface area contributed by atoms with Crippen molar-refractivity contribution in [3.05, 3.63) is 61.4 Å². The number of ether oxygens (including phenoxy) is 2. The molecule has 0 saturated carbocycles. The number of hydrogen-bond donors (Lipinski definition) is 1. The van der Waals surface area contributed by atoms with Gasteiger partial charge in [-0.3, -0.25) is 9.59 Å². The van der Waals surface area contributed by atoms with Crippen molar-refractivity contribution in [1.82, 2.24) is 5.32 Å². The van der Waals surface area contributed by atoms with Gasteiger partial charge in [-0.15, -0.1) is 0 Å². The summed E-state index contributed by atoms with van der Waals surface area (Å²) in [6.07, 6.45) is 1.71. The van der Waals surface area contributed by atoms with Crippen LogP contribution in [0.5, 0.6) is 11.5 Å². The first-order valence-electron chi connectivity index (χ1n) is 8.99. The van der Waals surface area contributed by atoms with E-state index in [1.54, 1.807) is 6.08 Å². The van der Waals surface area contributed by atoms with Crippen molar-refractivity contribution in [3.63, 3.8) is 0 Å². The van der Waals surface area contributed by atoms with Gasteiger partial charge in [-0.1, -0.05) is 28.1 Å². The summed E-state index contributed by atoms with van der Waals surface area (Å²) in [6, 6.07) is 11.5. The fourth-order valence-corrected chi connectivity index (χ4v) is 4.27. The maximum atomic E-state index is 12.1. The number of thioether (sulfide) groups is 1. The number of rotatable bonds is 6. The number of halogens is 2. The van der Waals surface area contributed by atoms with Crippen LogP contribution in [-0.4, -0.2) is 23.6 Å². The lowest BCUT2D eigenvalue weighted by atomic mass is 10.2. The summed E-state index contributed by atoms with van der Waals surface area (Å²) in [5.74, 6) is 0.481. The van der Waals surface area contributed by atoms with Crippen LogP contribution in [0.3, 0.4) is 0 Å². The Hall–Kier alpha value is -2.10. The molecule has 0 fully saturated rings. The topological polar surface area (TPSA) is 77.0 Å². The number of nitrogens with one attached hydrogen (secondary N) is 1. The second kappa shape index (κ2) is 10.3. The van der Waals surface area contributed by atoms with Crippen molar-refractivity contribution in [2.75, 3.05) is 6.61 Å². The van der Waals surface area contributed by atoms with E-state index in [1.807, 2.05) is 43.3 Å². The van der Waals surface area contributed by atoms with E-state index in [0.717, 1.165) is 27.4 Å². The second-order valence-electron chi connectivity index (χ2n) is 6.19. The van der Waals surface area contributed by atoms with Crippen LogP contribution in [0.1, 0.15) is 25.0 Å². The standard InChI is InChI=1S/C21H18Br2N2O4S/c1-3-28-17-9-14(10-18-20(27)25-21(30-18)24-12(2)26)8-16(23)19(17)29-11-13-4-6-15(22)7-5-13/h4-10H,3,11H2,1-2H3,(H,24,25,26,27)/b18-10-. The van der Waals surface area contributed by atoms with Crippen molar-refractivity contribution in [2.45, 2.75) is 20.5 Å². The van der Waals surface area contributed by atoms with E-state index in [2.05, 4.69) is 42.2 Å². The van der Waals surface area contributed by atoms with Gasteiger partial charge in [-0.25, -0.2) is 0 Å². The van der Waals surface area contributed by atoms with Gasteiger partial charge in [0.25, 0.3) is 5.91 Å². The van der Waals surface area contributed by atoms with Crippen LogP contribution in [0.25, 0.3) is 6.08 Å². The molecule has 0 saturated heterocycles. The van der Waals surface area contributed by atoms with Gasteiger partial charge in [0.1, 0.15) is 6.61 Å². The number of nitrogens with zero attached hydrogens (tertiary/aromatic N) is 1. The van der Waals surface area contributed by atoms with Crippen LogP contribution in [0.15, 0.2) is 55.2 Å². The average Bonchev–Trinajstić information content (AvgIpc) is 3.01. The van der Waals surface area contributed by atoms with Gasteiger partial charge in [-0.2, -0.15) is 4.99 Å². The molecule has 6 nitrogen and oxygen atoms in total. The van der Waals surface area contributed by atoms with Gasteiger partial charge in [0.15, 0.2) is 16.7 Å². The predicted molar refractivity (Wildman–Crippen MR) is 126 cm³/mol. The van der Waals surface area contributed by atoms with E-state index >= 15 is 0 Å². The molecule has 0 aromatic heterocycles. The van der Waals surface area contributed by atoms with Crippen LogP contribution in [0.4, 0.5) is 0 Å². The number of carbonyl (C=O) groups is 2. The molecule has 9 heteroatoms. The lowest BCUT2D eigenvalue weighted by molar-refractivity contribution is -0.117. The highest BCUT2D eigenvalue weighted by atomic mass is 79.9. The van der Waals surface area contributed by atoms with Crippen molar-refractivity contribution >= 4 is 66.7 Å². The van der Waals surface area contributed by atoms with E-state index in [0.29, 0.717) is 34.1 Å². The molecule has 2 amide bonds. The molecule has 0 unspecified atom stereocenters. The Morgan fingerprint density at radius 2 is 1.93 bits per heavy atom. The zero-order valence-corrected chi connectivity index (χ0v) is 20.2. The molecular formula is C21H18Br2N2O4S. The Kier molecular flexibility index (Phi) is 7.74. The van der Waals surface area contributed by atoms with Gasteiger partial charge in [0, 0.05) is 11.4 Å². The third kappa shape index (κ3) is 5.96. The van der Waals surface area contributed by atoms with E-state index in [1.165, 1.54) is 6.92 Å². The Bertz CT molecular complexity index is 1040. The van der Waals surface area contributed by atoms with Gasteiger partial charge in [0.2, 0.25) is 5.91 Å². The summed E-state index contributed by atoms with van der Waals surface area (Å²) in [4.78, 5) is 27.6. The summed E-state index contributed by atoms with van der Waals surface area (Å²) in [6.45, 7) is 4.11. The highest BCUT2D eigenvalue weighted by Crippen LogP contribution is 2.39. The normalized spacial score (nSPS) is 14.6. The second-order valence-corrected chi connectivity index (χ2v) is 8.99. The van der Waals surface area contributed by atoms with E-state index in [-0.39, 0.29) is 11.1 Å². The number of benzene rings is 2. The minimum Gasteiger partial charge on any atom is -0.490 e. The molecule has 0 radical (unpaired) electrons. The molecule has 1 N–H and O–H groups in total. The number of amidine groups is 1. The zero-order chi connectivity index (χ0) is 21.7. The third-order valence-corrected chi connectivity index (χ3v) is 5.85. The third-order valence-electron chi connectivity index (χ3n) is 3.83. The van der Waals surface area contributed by atoms with Gasteiger partial charge in [0.05, 0.1) is 16.0 Å². The van der Waals surface area contributed by atoms with Gasteiger partial charge < -0.3 is 14.8 Å². The maximum Gasteiger partial charge on any atom is 0.286 e. The van der Waals surface area contributed by atoms with E-state index < -0.39 is 5.91 Å². The molecule has 0 spiro atoms. The van der Waals surface area contributed by atoms with Crippen molar-refractivity contribution in [2.24, 2.45) is 4.99 Å². The van der Waals surface area contributed by atoms with Crippen molar-refractivity contribution in [3.8, 4) is 11.5 Å². The van der Waals surface area contributed by atoms with Gasteiger partial charge in [-0.05, 0) is 76.1 Å². The van der Waals surface area contributed by atoms with Crippen LogP contribution < -0.4 is 14.8 Å². The number of amides is 2. The SMILES string of the molecule is CCOc1cc(/C=C2\SC(NC(C)=O)=NC2=O)cc(Br)c1OCc1ccc(Br)cc1. The van der Waals surface area contributed by atoms with Crippen molar-refractivity contribution in [1.29, 1.82) is 0 Å². The summed E-state index contributed by atoms with van der Waals surface area (Å²) in [5, 5.41) is 2.81. The Morgan fingerprint density at radius 1 is 1.20 bits per heavy atom. The molecule has 156 valence electrons. The van der Waals surface area contributed by atoms with E-state index in [9.17, 15) is 9.59 Å². The lowest BCUT2D eigenvalue weighted by Crippen LogP contribution is -2.23. The molecule has 0 bridgehead atoms. The summed E-state index contributed by atoms with van der Waals surface area (Å²) in [5.41, 5.74) is 1.77. The molecular weight excluding hydrogens is 536 g/mol. The molecule has 0 atom stereocenters. The molecule has 0 aliphatic carbocycles. The fourth-order valence-electron chi connectivity index (χ4n) is 2.57. The highest BCUT2D eigenvalue weighted by molar-refractivity contribution is 9.10. The van der Waals surface area contributed by atoms with Gasteiger partial charge >= 0.3 is 0 Å². The minimum atomic E-state index is -0.395. The first-order valence-corrected chi connectivity index (χ1v) is 11.4. The highest BCUT2D eigenvalue weighted by Gasteiger charge is 2.23. The molecule has 1 aliphatic rings. The van der Waals surface area contributed by atoms with Crippen LogP contribution in [-0.2, 0) is 16.2 Å². The molecule has 1 heterocycles. The Morgan fingerprint density at radius 3 is 2.60 bits per heavy atom. The quantitative estimate of drug-likeness (QED) is 0.491. The zero-order valence-electron chi connectivity index (χ0n) is 16.2. The van der Waals surface area contributed by atoms with Crippen LogP contribution in [0, 0.1) is 0 Å².